The zero-order valence-corrected chi connectivity index (χ0v) is 20.9. The average molecular weight is 525 g/mol. The topological polar surface area (TPSA) is 52.1 Å². The highest BCUT2D eigenvalue weighted by molar-refractivity contribution is 9.10. The van der Waals surface area contributed by atoms with E-state index in [9.17, 15) is 4.79 Å². The fourth-order valence-corrected chi connectivity index (χ4v) is 6.17. The summed E-state index contributed by atoms with van der Waals surface area (Å²) in [6.45, 7) is 4.82. The second kappa shape index (κ2) is 8.71. The Kier molecular flexibility index (Phi) is 5.92. The summed E-state index contributed by atoms with van der Waals surface area (Å²) < 4.78 is 7.00. The second-order valence-electron chi connectivity index (χ2n) is 8.35. The van der Waals surface area contributed by atoms with Gasteiger partial charge < -0.3 is 4.74 Å². The summed E-state index contributed by atoms with van der Waals surface area (Å²) in [6, 6.07) is 17.5. The molecule has 7 heteroatoms. The first-order valence-electron chi connectivity index (χ1n) is 10.3. The van der Waals surface area contributed by atoms with Crippen molar-refractivity contribution in [1.29, 1.82) is 0 Å². The van der Waals surface area contributed by atoms with Gasteiger partial charge in [0.2, 0.25) is 0 Å². The van der Waals surface area contributed by atoms with Gasteiger partial charge in [-0.2, -0.15) is 0 Å². The van der Waals surface area contributed by atoms with Crippen LogP contribution >= 0.6 is 39.0 Å². The molecule has 0 amide bonds. The van der Waals surface area contributed by atoms with Gasteiger partial charge in [0.05, 0.1) is 18.0 Å². The van der Waals surface area contributed by atoms with Crippen LogP contribution in [0.4, 0.5) is 0 Å². The molecule has 0 saturated heterocycles. The fourth-order valence-electron chi connectivity index (χ4n) is 3.79. The van der Waals surface area contributed by atoms with Crippen LogP contribution in [-0.2, 0) is 17.8 Å². The summed E-state index contributed by atoms with van der Waals surface area (Å²) in [5, 5.41) is 1.95. The molecule has 32 heavy (non-hydrogen) atoms. The number of nitrogens with zero attached hydrogens (tertiary/aromatic N) is 2. The lowest BCUT2D eigenvalue weighted by Gasteiger charge is -2.30. The van der Waals surface area contributed by atoms with Crippen molar-refractivity contribution in [2.24, 2.45) is 0 Å². The van der Waals surface area contributed by atoms with Crippen LogP contribution in [0.3, 0.4) is 0 Å². The van der Waals surface area contributed by atoms with Gasteiger partial charge >= 0.3 is 0 Å². The minimum Gasteiger partial charge on any atom is -0.370 e. The molecular weight excluding hydrogens is 504 g/mol. The third-order valence-electron chi connectivity index (χ3n) is 5.44. The van der Waals surface area contributed by atoms with E-state index in [1.807, 2.05) is 54.6 Å². The van der Waals surface area contributed by atoms with Gasteiger partial charge in [-0.05, 0) is 31.5 Å². The van der Waals surface area contributed by atoms with Crippen molar-refractivity contribution in [3.8, 4) is 11.4 Å². The van der Waals surface area contributed by atoms with Gasteiger partial charge in [-0.25, -0.2) is 9.97 Å². The molecule has 4 nitrogen and oxygen atoms in total. The summed E-state index contributed by atoms with van der Waals surface area (Å²) >= 11 is 6.60. The minimum atomic E-state index is -0.228. The normalized spacial score (nSPS) is 15.0. The molecule has 0 fully saturated rings. The Hall–Kier alpha value is -2.06. The molecule has 0 spiro atoms. The smallest absolute Gasteiger partial charge is 0.173 e. The van der Waals surface area contributed by atoms with Crippen LogP contribution in [0.2, 0.25) is 0 Å². The van der Waals surface area contributed by atoms with Crippen LogP contribution < -0.4 is 0 Å². The van der Waals surface area contributed by atoms with Crippen molar-refractivity contribution >= 4 is 55.0 Å². The summed E-state index contributed by atoms with van der Waals surface area (Å²) in [7, 11) is 0. The van der Waals surface area contributed by atoms with Crippen LogP contribution in [-0.4, -0.2) is 27.1 Å². The van der Waals surface area contributed by atoms with Crippen LogP contribution in [0, 0.1) is 0 Å². The van der Waals surface area contributed by atoms with Gasteiger partial charge in [-0.1, -0.05) is 70.2 Å². The van der Waals surface area contributed by atoms with Gasteiger partial charge in [0.15, 0.2) is 11.6 Å². The molecule has 2 aromatic carbocycles. The standard InChI is InChI=1S/C25H21BrN2O2S2/c1-25(2)12-18-20(13-30-25)32-24-21(18)23(27-22(28-24)16-6-4-3-5-7-16)31-14-19(29)15-8-10-17(26)11-9-15/h3-11H,12-14H2,1-2H3. The van der Waals surface area contributed by atoms with Crippen molar-refractivity contribution in [3.05, 3.63) is 75.1 Å². The molecule has 2 aromatic heterocycles. The van der Waals surface area contributed by atoms with Crippen LogP contribution in [0.1, 0.15) is 34.6 Å². The van der Waals surface area contributed by atoms with Crippen molar-refractivity contribution < 1.29 is 9.53 Å². The van der Waals surface area contributed by atoms with E-state index in [2.05, 4.69) is 29.8 Å². The van der Waals surface area contributed by atoms with Crippen LogP contribution in [0.15, 0.2) is 64.1 Å². The van der Waals surface area contributed by atoms with E-state index in [1.54, 1.807) is 11.3 Å². The maximum atomic E-state index is 12.9. The third kappa shape index (κ3) is 4.39. The van der Waals surface area contributed by atoms with Crippen molar-refractivity contribution in [3.63, 3.8) is 0 Å². The van der Waals surface area contributed by atoms with E-state index in [-0.39, 0.29) is 11.4 Å². The number of aromatic nitrogens is 2. The lowest BCUT2D eigenvalue weighted by atomic mass is 9.94. The quantitative estimate of drug-likeness (QED) is 0.160. The number of hydrogen-bond donors (Lipinski definition) is 0. The molecule has 0 atom stereocenters. The molecule has 4 aromatic rings. The van der Waals surface area contributed by atoms with E-state index in [0.29, 0.717) is 23.7 Å². The second-order valence-corrected chi connectivity index (χ2v) is 11.3. The molecule has 0 radical (unpaired) electrons. The summed E-state index contributed by atoms with van der Waals surface area (Å²) in [5.74, 6) is 1.10. The zero-order valence-electron chi connectivity index (χ0n) is 17.7. The fraction of sp³-hybridized carbons (Fsp3) is 0.240. The van der Waals surface area contributed by atoms with Gasteiger partial charge in [0.1, 0.15) is 9.86 Å². The first kappa shape index (κ1) is 21.8. The molecule has 1 aliphatic rings. The number of Topliss-reactive ketones (excluding diaryl/α,β-unsaturated/α-hetero) is 1. The number of carbonyl (C=O) groups excluding carboxylic acids is 1. The predicted octanol–water partition coefficient (Wildman–Crippen LogP) is 6.95. The molecule has 3 heterocycles. The Labute approximate surface area is 203 Å². The first-order valence-corrected chi connectivity index (χ1v) is 12.9. The Morgan fingerprint density at radius 2 is 1.88 bits per heavy atom. The lowest BCUT2D eigenvalue weighted by Crippen LogP contribution is -2.31. The van der Waals surface area contributed by atoms with Gasteiger partial charge in [-0.15, -0.1) is 11.3 Å². The number of ether oxygens (including phenoxy) is 1. The van der Waals surface area contributed by atoms with Crippen molar-refractivity contribution in [1.82, 2.24) is 9.97 Å². The molecule has 0 unspecified atom stereocenters. The number of halogens is 1. The lowest BCUT2D eigenvalue weighted by molar-refractivity contribution is -0.0379. The minimum absolute atomic E-state index is 0.0864. The Morgan fingerprint density at radius 1 is 1.12 bits per heavy atom. The molecule has 1 aliphatic heterocycles. The molecule has 162 valence electrons. The van der Waals surface area contributed by atoms with Crippen LogP contribution in [0.5, 0.6) is 0 Å². The zero-order chi connectivity index (χ0) is 22.3. The molecule has 0 N–H and O–H groups in total. The first-order chi connectivity index (χ1) is 15.4. The number of thiophene rings is 1. The number of ketones is 1. The molecule has 0 bridgehead atoms. The highest BCUT2D eigenvalue weighted by Gasteiger charge is 2.31. The van der Waals surface area contributed by atoms with E-state index in [1.165, 1.54) is 22.2 Å². The molecule has 5 rings (SSSR count). The van der Waals surface area contributed by atoms with E-state index >= 15 is 0 Å². The third-order valence-corrected chi connectivity index (χ3v) is 8.04. The average Bonchev–Trinajstić information content (AvgIpc) is 3.15. The largest absolute Gasteiger partial charge is 0.370 e. The SMILES string of the molecule is CC1(C)Cc2c(sc3nc(-c4ccccc4)nc(SCC(=O)c4ccc(Br)cc4)c23)CO1. The maximum Gasteiger partial charge on any atom is 0.173 e. The monoisotopic (exact) mass is 524 g/mol. The summed E-state index contributed by atoms with van der Waals surface area (Å²) in [6.07, 6.45) is 0.810. The van der Waals surface area contributed by atoms with Crippen LogP contribution in [0.25, 0.3) is 21.6 Å². The highest BCUT2D eigenvalue weighted by Crippen LogP contribution is 2.42. The number of fused-ring (bicyclic) bond motifs is 3. The Bertz CT molecular complexity index is 1300. The van der Waals surface area contributed by atoms with Crippen molar-refractivity contribution in [2.75, 3.05) is 5.75 Å². The Balaban J connectivity index is 1.56. The number of carbonyl (C=O) groups is 1. The van der Waals surface area contributed by atoms with E-state index in [0.717, 1.165) is 31.7 Å². The van der Waals surface area contributed by atoms with Gasteiger partial charge in [0.25, 0.3) is 0 Å². The summed E-state index contributed by atoms with van der Waals surface area (Å²) in [5.41, 5.74) is 2.71. The number of thioether (sulfide) groups is 1. The highest BCUT2D eigenvalue weighted by atomic mass is 79.9. The van der Waals surface area contributed by atoms with Gasteiger partial charge in [-0.3, -0.25) is 4.79 Å². The maximum absolute atomic E-state index is 12.9. The number of rotatable bonds is 5. The number of hydrogen-bond acceptors (Lipinski definition) is 6. The van der Waals surface area contributed by atoms with E-state index < -0.39 is 0 Å². The molecule has 0 saturated carbocycles. The Morgan fingerprint density at radius 3 is 2.62 bits per heavy atom. The van der Waals surface area contributed by atoms with E-state index in [4.69, 9.17) is 14.7 Å². The van der Waals surface area contributed by atoms with Gasteiger partial charge in [0, 0.05) is 32.3 Å². The number of benzene rings is 2. The molecular formula is C25H21BrN2O2S2. The van der Waals surface area contributed by atoms with Crippen molar-refractivity contribution in [2.45, 2.75) is 37.5 Å². The summed E-state index contributed by atoms with van der Waals surface area (Å²) in [4.78, 5) is 24.9. The predicted molar refractivity (Wildman–Crippen MR) is 135 cm³/mol. The molecule has 0 aliphatic carbocycles.